The number of carbonyl (C=O) groups is 2. The van der Waals surface area contributed by atoms with Gasteiger partial charge in [0.2, 0.25) is 0 Å². The summed E-state index contributed by atoms with van der Waals surface area (Å²) >= 11 is 5.63. The highest BCUT2D eigenvalue weighted by atomic mass is 35.5. The van der Waals surface area contributed by atoms with Gasteiger partial charge in [-0.25, -0.2) is 9.59 Å². The average Bonchev–Trinajstić information content (AvgIpc) is 2.97. The van der Waals surface area contributed by atoms with Gasteiger partial charge in [-0.3, -0.25) is 0 Å². The number of alkyl carbamates (subject to hydrolysis) is 2. The summed E-state index contributed by atoms with van der Waals surface area (Å²) in [4.78, 5) is 23.2. The minimum Gasteiger partial charge on any atom is -0.447 e. The summed E-state index contributed by atoms with van der Waals surface area (Å²) < 4.78 is 42.6. The maximum Gasteiger partial charge on any atom is 0.407 e. The van der Waals surface area contributed by atoms with Crippen molar-refractivity contribution in [2.75, 3.05) is 98.3 Å². The molecule has 0 aromatic heterocycles. The molecule has 13 heteroatoms. The van der Waals surface area contributed by atoms with Crippen molar-refractivity contribution >= 4 is 23.8 Å². The molecule has 234 valence electrons. The number of hydrogen-bond donors (Lipinski definition) is 2. The van der Waals surface area contributed by atoms with Gasteiger partial charge in [0.05, 0.1) is 52.9 Å². The molecule has 1 atom stereocenters. The normalized spacial score (nSPS) is 15.3. The first kappa shape index (κ1) is 36.4. The fraction of sp³-hybridized carbons (Fsp3) is 0.852. The lowest BCUT2D eigenvalue weighted by Gasteiger charge is -2.21. The molecule has 2 amide bonds. The number of ether oxygens (including phenoxy) is 8. The second kappa shape index (κ2) is 28.8. The third kappa shape index (κ3) is 25.3. The van der Waals surface area contributed by atoms with Gasteiger partial charge in [0.25, 0.3) is 0 Å². The molecule has 1 aliphatic heterocycles. The molecular weight excluding hydrogens is 548 g/mol. The lowest BCUT2D eigenvalue weighted by atomic mass is 10.2. The maximum absolute atomic E-state index is 11.6. The van der Waals surface area contributed by atoms with E-state index in [1.807, 2.05) is 0 Å². The van der Waals surface area contributed by atoms with Crippen LogP contribution in [0.15, 0.2) is 12.2 Å². The van der Waals surface area contributed by atoms with Gasteiger partial charge in [0.15, 0.2) is 6.29 Å². The molecule has 1 unspecified atom stereocenters. The van der Waals surface area contributed by atoms with Crippen LogP contribution in [-0.4, -0.2) is 117 Å². The Labute approximate surface area is 243 Å². The number of hydrogen-bond acceptors (Lipinski definition) is 10. The number of amides is 2. The van der Waals surface area contributed by atoms with Gasteiger partial charge in [0, 0.05) is 32.2 Å². The minimum absolute atomic E-state index is 0.132. The fourth-order valence-electron chi connectivity index (χ4n) is 3.31. The van der Waals surface area contributed by atoms with Crippen LogP contribution in [0.2, 0.25) is 0 Å². The van der Waals surface area contributed by atoms with Gasteiger partial charge in [0.1, 0.15) is 13.2 Å². The Kier molecular flexibility index (Phi) is 26.2. The van der Waals surface area contributed by atoms with Crippen LogP contribution >= 0.6 is 11.6 Å². The Morgan fingerprint density at radius 2 is 1.30 bits per heavy atom. The number of halogens is 1. The standard InChI is InChI=1S/C27H49ClN2O10/c28-10-4-1-2-5-13-33-19-20-34-18-12-30-27(32)40-24-23-36-22-21-35-17-11-29-26(31)39-16-8-7-15-38-25-9-3-6-14-37-25/h7-8,25H,1-6,9-24H2,(H,29,31)(H,30,32)/b8-7+. The molecule has 0 aromatic carbocycles. The molecule has 1 rings (SSSR count). The van der Waals surface area contributed by atoms with E-state index in [0.29, 0.717) is 59.3 Å². The van der Waals surface area contributed by atoms with Crippen LogP contribution in [0.5, 0.6) is 0 Å². The summed E-state index contributed by atoms with van der Waals surface area (Å²) in [6.45, 7) is 5.56. The Bertz CT molecular complexity index is 624. The zero-order valence-electron chi connectivity index (χ0n) is 23.7. The van der Waals surface area contributed by atoms with Crippen LogP contribution in [0.4, 0.5) is 9.59 Å². The Morgan fingerprint density at radius 3 is 1.98 bits per heavy atom. The second-order valence-electron chi connectivity index (χ2n) is 8.74. The first-order chi connectivity index (χ1) is 19.7. The highest BCUT2D eigenvalue weighted by molar-refractivity contribution is 6.17. The van der Waals surface area contributed by atoms with E-state index >= 15 is 0 Å². The summed E-state index contributed by atoms with van der Waals surface area (Å²) in [5.74, 6) is 0.718. The fourth-order valence-corrected chi connectivity index (χ4v) is 3.50. The smallest absolute Gasteiger partial charge is 0.407 e. The largest absolute Gasteiger partial charge is 0.447 e. The summed E-state index contributed by atoms with van der Waals surface area (Å²) in [7, 11) is 0. The van der Waals surface area contributed by atoms with E-state index in [1.54, 1.807) is 12.2 Å². The average molecular weight is 597 g/mol. The Morgan fingerprint density at radius 1 is 0.700 bits per heavy atom. The van der Waals surface area contributed by atoms with E-state index in [9.17, 15) is 9.59 Å². The minimum atomic E-state index is -0.521. The first-order valence-corrected chi connectivity index (χ1v) is 14.8. The van der Waals surface area contributed by atoms with E-state index in [4.69, 9.17) is 49.5 Å². The Balaban J connectivity index is 1.74. The predicted octanol–water partition coefficient (Wildman–Crippen LogP) is 3.40. The molecule has 1 aliphatic rings. The van der Waals surface area contributed by atoms with Crippen LogP contribution in [0, 0.1) is 0 Å². The molecule has 40 heavy (non-hydrogen) atoms. The van der Waals surface area contributed by atoms with Gasteiger partial charge in [-0.15, -0.1) is 11.6 Å². The van der Waals surface area contributed by atoms with Crippen molar-refractivity contribution in [2.24, 2.45) is 0 Å². The molecule has 12 nitrogen and oxygen atoms in total. The summed E-state index contributed by atoms with van der Waals surface area (Å²) in [6, 6.07) is 0. The van der Waals surface area contributed by atoms with Crippen molar-refractivity contribution in [3.8, 4) is 0 Å². The van der Waals surface area contributed by atoms with Crippen LogP contribution in [0.1, 0.15) is 44.9 Å². The van der Waals surface area contributed by atoms with Crippen LogP contribution in [0.3, 0.4) is 0 Å². The van der Waals surface area contributed by atoms with Gasteiger partial charge in [-0.1, -0.05) is 18.9 Å². The SMILES string of the molecule is O=C(NCCOCCOCCOC(=O)NCCOCCOCCCCCCCl)OC/C=C/COC1CCCCO1. The van der Waals surface area contributed by atoms with Crippen molar-refractivity contribution in [3.05, 3.63) is 12.2 Å². The summed E-state index contributed by atoms with van der Waals surface area (Å²) in [6.07, 6.45) is 9.83. The van der Waals surface area contributed by atoms with E-state index in [0.717, 1.165) is 64.0 Å². The predicted molar refractivity (Wildman–Crippen MR) is 150 cm³/mol. The third-order valence-corrected chi connectivity index (χ3v) is 5.67. The van der Waals surface area contributed by atoms with E-state index in [-0.39, 0.29) is 26.1 Å². The molecular formula is C27H49ClN2O10. The molecule has 1 fully saturated rings. The molecule has 0 radical (unpaired) electrons. The number of nitrogens with one attached hydrogen (secondary N) is 2. The highest BCUT2D eigenvalue weighted by Crippen LogP contribution is 2.13. The Hall–Kier alpha value is -1.67. The topological polar surface area (TPSA) is 132 Å². The van der Waals surface area contributed by atoms with Crippen LogP contribution < -0.4 is 10.6 Å². The van der Waals surface area contributed by atoms with Gasteiger partial charge in [-0.2, -0.15) is 0 Å². The van der Waals surface area contributed by atoms with Crippen molar-refractivity contribution in [2.45, 2.75) is 51.2 Å². The zero-order chi connectivity index (χ0) is 28.8. The zero-order valence-corrected chi connectivity index (χ0v) is 24.5. The molecule has 0 aliphatic carbocycles. The summed E-state index contributed by atoms with van der Waals surface area (Å²) in [5.41, 5.74) is 0. The lowest BCUT2D eigenvalue weighted by molar-refractivity contribution is -0.155. The van der Waals surface area contributed by atoms with Crippen LogP contribution in [0.25, 0.3) is 0 Å². The van der Waals surface area contributed by atoms with E-state index < -0.39 is 12.2 Å². The molecule has 1 heterocycles. The van der Waals surface area contributed by atoms with Crippen molar-refractivity contribution in [1.29, 1.82) is 0 Å². The quantitative estimate of drug-likeness (QED) is 0.0869. The van der Waals surface area contributed by atoms with Crippen molar-refractivity contribution in [1.82, 2.24) is 10.6 Å². The number of rotatable bonds is 26. The molecule has 2 N–H and O–H groups in total. The number of alkyl halides is 1. The van der Waals surface area contributed by atoms with Gasteiger partial charge in [-0.05, 0) is 38.2 Å². The molecule has 0 spiro atoms. The molecule has 1 saturated heterocycles. The summed E-state index contributed by atoms with van der Waals surface area (Å²) in [5, 5.41) is 5.20. The van der Waals surface area contributed by atoms with Crippen molar-refractivity contribution in [3.63, 3.8) is 0 Å². The molecule has 0 aromatic rings. The lowest BCUT2D eigenvalue weighted by Crippen LogP contribution is -2.29. The van der Waals surface area contributed by atoms with Gasteiger partial charge >= 0.3 is 12.2 Å². The second-order valence-corrected chi connectivity index (χ2v) is 9.12. The molecule has 0 saturated carbocycles. The van der Waals surface area contributed by atoms with Gasteiger partial charge < -0.3 is 48.5 Å². The van der Waals surface area contributed by atoms with E-state index in [1.165, 1.54) is 0 Å². The third-order valence-electron chi connectivity index (χ3n) is 5.40. The number of unbranched alkanes of at least 4 members (excludes halogenated alkanes) is 3. The van der Waals surface area contributed by atoms with E-state index in [2.05, 4.69) is 10.6 Å². The monoisotopic (exact) mass is 596 g/mol. The highest BCUT2D eigenvalue weighted by Gasteiger charge is 2.12. The van der Waals surface area contributed by atoms with Crippen molar-refractivity contribution < 1.29 is 47.5 Å². The first-order valence-electron chi connectivity index (χ1n) is 14.3. The van der Waals surface area contributed by atoms with Crippen LogP contribution in [-0.2, 0) is 37.9 Å². The molecule has 0 bridgehead atoms. The maximum atomic E-state index is 11.6. The number of carbonyl (C=O) groups excluding carboxylic acids is 2.